The molecule has 0 spiro atoms. The molecule has 2 fully saturated rings. The quantitative estimate of drug-likeness (QED) is 0.689. The molecule has 168 valence electrons. The van der Waals surface area contributed by atoms with Crippen LogP contribution in [0.4, 0.5) is 0 Å². The first-order valence-corrected chi connectivity index (χ1v) is 12.2. The number of benzene rings is 1. The number of likely N-dealkylation sites (N-methyl/N-ethyl adjacent to an activating group) is 1. The number of aldehydes is 1. The number of aliphatic hydroxyl groups is 1. The highest BCUT2D eigenvalue weighted by Crippen LogP contribution is 2.41. The van der Waals surface area contributed by atoms with Crippen LogP contribution in [0.3, 0.4) is 0 Å². The van der Waals surface area contributed by atoms with E-state index in [2.05, 4.69) is 41.5 Å². The van der Waals surface area contributed by atoms with E-state index in [0.29, 0.717) is 12.6 Å². The zero-order chi connectivity index (χ0) is 21.4. The molecular formula is C26H42N2O2. The molecule has 30 heavy (non-hydrogen) atoms. The van der Waals surface area contributed by atoms with Gasteiger partial charge in [0.2, 0.25) is 0 Å². The Morgan fingerprint density at radius 3 is 2.50 bits per heavy atom. The Morgan fingerprint density at radius 1 is 1.13 bits per heavy atom. The van der Waals surface area contributed by atoms with Gasteiger partial charge in [-0.3, -0.25) is 4.90 Å². The van der Waals surface area contributed by atoms with E-state index in [9.17, 15) is 9.90 Å². The van der Waals surface area contributed by atoms with Crippen molar-refractivity contribution in [1.29, 1.82) is 0 Å². The average molecular weight is 415 g/mol. The molecule has 0 aromatic heterocycles. The predicted molar refractivity (Wildman–Crippen MR) is 124 cm³/mol. The van der Waals surface area contributed by atoms with Gasteiger partial charge in [0.05, 0.1) is 12.1 Å². The first-order valence-electron chi connectivity index (χ1n) is 12.2. The molecule has 4 heteroatoms. The van der Waals surface area contributed by atoms with Crippen LogP contribution < -0.4 is 5.32 Å². The first kappa shape index (κ1) is 23.4. The van der Waals surface area contributed by atoms with E-state index in [1.165, 1.54) is 51.5 Å². The molecule has 2 aliphatic carbocycles. The summed E-state index contributed by atoms with van der Waals surface area (Å²) in [5, 5.41) is 13.2. The minimum Gasteiger partial charge on any atom is -0.388 e. The van der Waals surface area contributed by atoms with Gasteiger partial charge in [-0.1, -0.05) is 62.8 Å². The van der Waals surface area contributed by atoms with Crippen LogP contribution in [-0.2, 0) is 11.2 Å². The highest BCUT2D eigenvalue weighted by molar-refractivity contribution is 5.51. The van der Waals surface area contributed by atoms with Gasteiger partial charge in [-0.05, 0) is 63.1 Å². The molecule has 3 aliphatic rings. The van der Waals surface area contributed by atoms with Crippen LogP contribution in [0.25, 0.3) is 0 Å². The number of nitrogens with zero attached hydrogens (tertiary/aromatic N) is 1. The lowest BCUT2D eigenvalue weighted by Gasteiger charge is -2.41. The second-order valence-electron chi connectivity index (χ2n) is 9.73. The van der Waals surface area contributed by atoms with E-state index in [0.717, 1.165) is 37.9 Å². The van der Waals surface area contributed by atoms with Gasteiger partial charge in [0, 0.05) is 18.6 Å². The molecule has 4 nitrogen and oxygen atoms in total. The van der Waals surface area contributed by atoms with Gasteiger partial charge in [0.15, 0.2) is 0 Å². The van der Waals surface area contributed by atoms with Crippen molar-refractivity contribution in [2.45, 2.75) is 95.2 Å². The Bertz CT molecular complexity index is 650. The van der Waals surface area contributed by atoms with Crippen LogP contribution in [0.5, 0.6) is 0 Å². The van der Waals surface area contributed by atoms with Gasteiger partial charge in [-0.2, -0.15) is 0 Å². The monoisotopic (exact) mass is 414 g/mol. The smallest absolute Gasteiger partial charge is 0.133 e. The minimum absolute atomic E-state index is 0.0259. The maximum Gasteiger partial charge on any atom is 0.133 e. The lowest BCUT2D eigenvalue weighted by Crippen LogP contribution is -2.50. The molecule has 2 N–H and O–H groups in total. The number of carbonyl (C=O) groups is 1. The molecule has 0 amide bonds. The van der Waals surface area contributed by atoms with Crippen LogP contribution in [0, 0.1) is 5.92 Å². The summed E-state index contributed by atoms with van der Waals surface area (Å²) in [6.45, 7) is 3.52. The van der Waals surface area contributed by atoms with Crippen molar-refractivity contribution in [3.63, 3.8) is 0 Å². The molecule has 0 radical (unpaired) electrons. The summed E-state index contributed by atoms with van der Waals surface area (Å²) in [6, 6.07) is 9.83. The fourth-order valence-electron chi connectivity index (χ4n) is 5.80. The molecule has 0 bridgehead atoms. The number of carbonyl (C=O) groups excluding carboxylic acids is 1. The van der Waals surface area contributed by atoms with Crippen molar-refractivity contribution in [2.75, 3.05) is 20.1 Å². The average Bonchev–Trinajstić information content (AvgIpc) is 2.79. The topological polar surface area (TPSA) is 52.6 Å². The standard InChI is InChI=1S/C16H23N.C10H19NO2/c1-17-12-11-13-7-5-6-10-15(13)16(17)14-8-3-2-4-9-14;1-9(11-7-8-12)10(13)5-3-2-4-6-10/h5-7,10,14,16H,2-4,8-9,11-12H2,1H3;8-9,11,13H,2-7H2,1H3. The molecule has 1 aromatic rings. The number of hydrogen-bond acceptors (Lipinski definition) is 4. The van der Waals surface area contributed by atoms with E-state index in [4.69, 9.17) is 0 Å². The normalized spacial score (nSPS) is 25.5. The zero-order valence-corrected chi connectivity index (χ0v) is 19.1. The third-order valence-electron chi connectivity index (χ3n) is 7.71. The van der Waals surface area contributed by atoms with E-state index < -0.39 is 5.60 Å². The van der Waals surface area contributed by atoms with Gasteiger partial charge < -0.3 is 15.2 Å². The lowest BCUT2D eigenvalue weighted by molar-refractivity contribution is -0.107. The second-order valence-corrected chi connectivity index (χ2v) is 9.73. The van der Waals surface area contributed by atoms with Gasteiger partial charge in [0.1, 0.15) is 6.29 Å². The lowest BCUT2D eigenvalue weighted by atomic mass is 9.77. The third kappa shape index (κ3) is 5.93. The zero-order valence-electron chi connectivity index (χ0n) is 19.1. The van der Waals surface area contributed by atoms with Crippen LogP contribution in [0.1, 0.15) is 88.3 Å². The van der Waals surface area contributed by atoms with Gasteiger partial charge in [-0.25, -0.2) is 0 Å². The molecule has 1 aromatic carbocycles. The first-order chi connectivity index (χ1) is 14.5. The highest BCUT2D eigenvalue weighted by Gasteiger charge is 2.34. The van der Waals surface area contributed by atoms with Gasteiger partial charge in [0.25, 0.3) is 0 Å². The van der Waals surface area contributed by atoms with E-state index in [1.807, 2.05) is 6.92 Å². The van der Waals surface area contributed by atoms with Gasteiger partial charge >= 0.3 is 0 Å². The van der Waals surface area contributed by atoms with E-state index in [1.54, 1.807) is 11.1 Å². The molecule has 1 heterocycles. The Balaban J connectivity index is 0.000000178. The maximum absolute atomic E-state index is 10.2. The molecule has 0 saturated heterocycles. The summed E-state index contributed by atoms with van der Waals surface area (Å²) in [7, 11) is 2.31. The third-order valence-corrected chi connectivity index (χ3v) is 7.71. The predicted octanol–water partition coefficient (Wildman–Crippen LogP) is 4.65. The summed E-state index contributed by atoms with van der Waals surface area (Å²) < 4.78 is 0. The fraction of sp³-hybridized carbons (Fsp3) is 0.731. The molecule has 1 aliphatic heterocycles. The Morgan fingerprint density at radius 2 is 1.80 bits per heavy atom. The summed E-state index contributed by atoms with van der Waals surface area (Å²) in [4.78, 5) is 12.7. The second kappa shape index (κ2) is 11.4. The van der Waals surface area contributed by atoms with Crippen molar-refractivity contribution < 1.29 is 9.90 Å². The van der Waals surface area contributed by atoms with Crippen molar-refractivity contribution in [3.05, 3.63) is 35.4 Å². The maximum atomic E-state index is 10.2. The highest BCUT2D eigenvalue weighted by atomic mass is 16.3. The number of hydrogen-bond donors (Lipinski definition) is 2. The Labute approximate surface area is 183 Å². The van der Waals surface area contributed by atoms with Crippen LogP contribution in [0.15, 0.2) is 24.3 Å². The number of fused-ring (bicyclic) bond motifs is 1. The van der Waals surface area contributed by atoms with Crippen molar-refractivity contribution >= 4 is 6.29 Å². The number of rotatable bonds is 5. The van der Waals surface area contributed by atoms with Crippen LogP contribution in [-0.4, -0.2) is 48.1 Å². The molecule has 2 atom stereocenters. The van der Waals surface area contributed by atoms with Crippen LogP contribution >= 0.6 is 0 Å². The molecule has 2 unspecified atom stereocenters. The Kier molecular flexibility index (Phi) is 8.91. The Hall–Kier alpha value is -1.23. The molecule has 4 rings (SSSR count). The summed E-state index contributed by atoms with van der Waals surface area (Å²) in [5.41, 5.74) is 2.63. The van der Waals surface area contributed by atoms with Gasteiger partial charge in [-0.15, -0.1) is 0 Å². The summed E-state index contributed by atoms with van der Waals surface area (Å²) in [6.07, 6.45) is 14.4. The summed E-state index contributed by atoms with van der Waals surface area (Å²) >= 11 is 0. The molecule has 2 saturated carbocycles. The van der Waals surface area contributed by atoms with E-state index >= 15 is 0 Å². The van der Waals surface area contributed by atoms with Crippen molar-refractivity contribution in [1.82, 2.24) is 10.2 Å². The SMILES string of the molecule is CC(NCC=O)C1(O)CCCCC1.CN1CCc2ccccc2C1C1CCCCC1. The largest absolute Gasteiger partial charge is 0.388 e. The van der Waals surface area contributed by atoms with E-state index in [-0.39, 0.29) is 6.04 Å². The summed E-state index contributed by atoms with van der Waals surface area (Å²) in [5.74, 6) is 0.898. The van der Waals surface area contributed by atoms with Crippen LogP contribution in [0.2, 0.25) is 0 Å². The fourth-order valence-corrected chi connectivity index (χ4v) is 5.80. The van der Waals surface area contributed by atoms with Crippen molar-refractivity contribution in [2.24, 2.45) is 5.92 Å². The number of nitrogens with one attached hydrogen (secondary N) is 1. The minimum atomic E-state index is -0.582. The molecular weight excluding hydrogens is 372 g/mol. The van der Waals surface area contributed by atoms with Crippen molar-refractivity contribution in [3.8, 4) is 0 Å².